The zero-order chi connectivity index (χ0) is 57.7. The second kappa shape index (κ2) is 28.1. The first-order valence-electron chi connectivity index (χ1n) is 28.8. The number of hydrogen-bond donors (Lipinski definition) is 6. The Morgan fingerprint density at radius 2 is 0.877 bits per heavy atom. The summed E-state index contributed by atoms with van der Waals surface area (Å²) < 4.78 is 37.7. The number of nitrogens with zero attached hydrogens (tertiary/aromatic N) is 6. The van der Waals surface area contributed by atoms with Crippen LogP contribution >= 0.6 is 0 Å². The molecule has 4 atom stereocenters. The molecule has 23 heteroatoms. The zero-order valence-corrected chi connectivity index (χ0v) is 47.2. The maximum atomic E-state index is 14.5. The average Bonchev–Trinajstić information content (AvgIpc) is 4.11. The molecule has 8 rings (SSSR count). The molecule has 2 aliphatic carbocycles. The Balaban J connectivity index is 0.802. The minimum absolute atomic E-state index is 0.0258. The van der Waals surface area contributed by atoms with E-state index in [-0.39, 0.29) is 150 Å². The van der Waals surface area contributed by atoms with Gasteiger partial charge in [-0.3, -0.25) is 38.4 Å². The fourth-order valence-corrected chi connectivity index (χ4v) is 11.7. The lowest BCUT2D eigenvalue weighted by Gasteiger charge is -2.39. The van der Waals surface area contributed by atoms with E-state index in [0.717, 1.165) is 64.2 Å². The van der Waals surface area contributed by atoms with E-state index in [1.165, 1.54) is 36.4 Å². The third-order valence-electron chi connectivity index (χ3n) is 16.7. The summed E-state index contributed by atoms with van der Waals surface area (Å²) in [4.78, 5) is 116. The van der Waals surface area contributed by atoms with Crippen molar-refractivity contribution in [2.24, 2.45) is 11.8 Å². The number of benzene rings is 2. The van der Waals surface area contributed by atoms with Gasteiger partial charge in [0.2, 0.25) is 35.4 Å². The van der Waals surface area contributed by atoms with Crippen LogP contribution in [-0.2, 0) is 46.6 Å². The van der Waals surface area contributed by atoms with Crippen molar-refractivity contribution in [2.45, 2.75) is 115 Å². The molecule has 4 fully saturated rings. The summed E-state index contributed by atoms with van der Waals surface area (Å²) in [5, 5.41) is 18.4. The molecule has 4 aromatic rings. The van der Waals surface area contributed by atoms with Gasteiger partial charge in [0.25, 0.3) is 11.8 Å². The van der Waals surface area contributed by atoms with Crippen LogP contribution in [0.1, 0.15) is 99.0 Å². The van der Waals surface area contributed by atoms with E-state index in [4.69, 9.17) is 4.74 Å². The molecular formula is C58H80F2N12O9. The number of hydrogen-bond acceptors (Lipinski definition) is 11. The van der Waals surface area contributed by atoms with Crippen LogP contribution in [-0.4, -0.2) is 193 Å². The predicted octanol–water partition coefficient (Wildman–Crippen LogP) is 2.74. The second-order valence-electron chi connectivity index (χ2n) is 22.0. The molecule has 81 heavy (non-hydrogen) atoms. The SMILES string of the molecule is CN[C@@H](C)C(=O)N[C@H](C(=O)N1CCN(C(=O)c2cc3cc(F)ccc3n2CC(=O)NCCOCCNC(=O)Cn2c(C(=O)N3CCN(C(=O)[C@@H](NC(=O)[C@H](C)NC)C4CCCCC4)CC3)cc3cc(F)ccc32)CC1)C1CCCCC1. The van der Waals surface area contributed by atoms with Gasteiger partial charge in [-0.2, -0.15) is 0 Å². The maximum Gasteiger partial charge on any atom is 0.270 e. The number of amides is 8. The summed E-state index contributed by atoms with van der Waals surface area (Å²) in [5.74, 6) is -3.34. The molecule has 8 amide bonds. The van der Waals surface area contributed by atoms with Crippen molar-refractivity contribution in [1.29, 1.82) is 0 Å². The molecule has 2 saturated carbocycles. The molecule has 21 nitrogen and oxygen atoms in total. The Morgan fingerprint density at radius 1 is 0.519 bits per heavy atom. The van der Waals surface area contributed by atoms with Crippen LogP contribution in [0.25, 0.3) is 21.8 Å². The molecule has 2 aromatic heterocycles. The highest BCUT2D eigenvalue weighted by Gasteiger charge is 2.39. The Kier molecular flexibility index (Phi) is 20.9. The Labute approximate surface area is 471 Å². The Bertz CT molecular complexity index is 2710. The standard InChI is InChI=1S/C58H80F2N12O9/c1-37(61-3)53(75)65-51(39-11-7-5-8-12-39)57(79)69-25-21-67(22-26-69)55(77)47-33-41-31-43(59)15-17-45(41)71(47)35-49(73)63-19-29-81-30-20-64-50(74)36-72-46-18-16-44(60)32-42(46)34-48(72)56(78)68-23-27-70(28-24-68)58(80)52(40-13-9-6-10-14-40)66-54(76)38(2)62-4/h15-18,31-34,37-40,51-52,61-62H,5-14,19-30,35-36H2,1-4H3,(H,63,73)(H,64,74)(H,65,75)(H,66,76)/t37-,38-,51-,52-/m0/s1. The third kappa shape index (κ3) is 14.9. The van der Waals surface area contributed by atoms with Gasteiger partial charge in [-0.25, -0.2) is 8.78 Å². The minimum Gasteiger partial charge on any atom is -0.378 e. The summed E-state index contributed by atoms with van der Waals surface area (Å²) in [7, 11) is 3.38. The molecule has 6 N–H and O–H groups in total. The predicted molar refractivity (Wildman–Crippen MR) is 300 cm³/mol. The molecule has 0 radical (unpaired) electrons. The van der Waals surface area contributed by atoms with E-state index in [0.29, 0.717) is 21.8 Å². The topological polar surface area (TPSA) is 241 Å². The number of carbonyl (C=O) groups is 8. The summed E-state index contributed by atoms with van der Waals surface area (Å²) in [6.45, 7) is 5.28. The fourth-order valence-electron chi connectivity index (χ4n) is 11.7. The van der Waals surface area contributed by atoms with Crippen LogP contribution in [0.15, 0.2) is 48.5 Å². The minimum atomic E-state index is -0.660. The number of piperazine rings is 2. The first-order chi connectivity index (χ1) is 39.0. The molecule has 2 aromatic carbocycles. The molecule has 0 bridgehead atoms. The van der Waals surface area contributed by atoms with E-state index in [1.54, 1.807) is 68.8 Å². The van der Waals surface area contributed by atoms with Crippen molar-refractivity contribution >= 4 is 69.1 Å². The number of rotatable bonds is 22. The number of halogens is 2. The van der Waals surface area contributed by atoms with Gasteiger partial charge in [0.05, 0.1) is 25.3 Å². The first kappa shape index (κ1) is 60.1. The number of ether oxygens (including phenoxy) is 1. The number of carbonyl (C=O) groups excluding carboxylic acids is 8. The van der Waals surface area contributed by atoms with Crippen LogP contribution in [0.3, 0.4) is 0 Å². The quantitative estimate of drug-likeness (QED) is 0.0626. The van der Waals surface area contributed by atoms with Gasteiger partial charge < -0.3 is 65.4 Å². The van der Waals surface area contributed by atoms with Gasteiger partial charge in [0.15, 0.2) is 0 Å². The van der Waals surface area contributed by atoms with Crippen LogP contribution in [0, 0.1) is 23.5 Å². The second-order valence-corrected chi connectivity index (χ2v) is 22.0. The van der Waals surface area contributed by atoms with Crippen molar-refractivity contribution < 1.29 is 51.9 Å². The molecule has 0 spiro atoms. The van der Waals surface area contributed by atoms with Crippen LogP contribution in [0.4, 0.5) is 8.78 Å². The largest absolute Gasteiger partial charge is 0.378 e. The van der Waals surface area contributed by atoms with Crippen LogP contribution in [0.2, 0.25) is 0 Å². The lowest BCUT2D eigenvalue weighted by atomic mass is 9.83. The van der Waals surface area contributed by atoms with E-state index < -0.39 is 47.6 Å². The number of nitrogens with one attached hydrogen (secondary N) is 6. The van der Waals surface area contributed by atoms with E-state index >= 15 is 0 Å². The number of likely N-dealkylation sites (N-methyl/N-ethyl adjacent to an activating group) is 2. The normalized spacial score (nSPS) is 18.0. The summed E-state index contributed by atoms with van der Waals surface area (Å²) in [6.07, 6.45) is 9.55. The lowest BCUT2D eigenvalue weighted by molar-refractivity contribution is -0.140. The van der Waals surface area contributed by atoms with Crippen molar-refractivity contribution in [1.82, 2.24) is 60.6 Å². The summed E-state index contributed by atoms with van der Waals surface area (Å²) in [6, 6.07) is 9.05. The van der Waals surface area contributed by atoms with Crippen LogP contribution in [0.5, 0.6) is 0 Å². The molecule has 2 saturated heterocycles. The van der Waals surface area contributed by atoms with E-state index in [9.17, 15) is 47.1 Å². The lowest BCUT2D eigenvalue weighted by Crippen LogP contribution is -2.59. The third-order valence-corrected chi connectivity index (χ3v) is 16.7. The van der Waals surface area contributed by atoms with Crippen molar-refractivity contribution in [2.75, 3.05) is 92.8 Å². The van der Waals surface area contributed by atoms with Crippen molar-refractivity contribution in [3.05, 3.63) is 71.6 Å². The Morgan fingerprint density at radius 3 is 1.23 bits per heavy atom. The van der Waals surface area contributed by atoms with E-state index in [2.05, 4.69) is 31.9 Å². The van der Waals surface area contributed by atoms with Crippen LogP contribution < -0.4 is 31.9 Å². The fraction of sp³-hybridized carbons (Fsp3) is 0.586. The molecule has 4 heterocycles. The van der Waals surface area contributed by atoms with Crippen molar-refractivity contribution in [3.63, 3.8) is 0 Å². The summed E-state index contributed by atoms with van der Waals surface area (Å²) in [5.41, 5.74) is 1.36. The molecule has 4 aliphatic rings. The molecule has 0 unspecified atom stereocenters. The first-order valence-corrected chi connectivity index (χ1v) is 28.8. The highest BCUT2D eigenvalue weighted by atomic mass is 19.1. The zero-order valence-electron chi connectivity index (χ0n) is 47.2. The van der Waals surface area contributed by atoms with Gasteiger partial charge in [-0.1, -0.05) is 38.5 Å². The molecule has 440 valence electrons. The number of aromatic nitrogens is 2. The number of fused-ring (bicyclic) bond motifs is 2. The van der Waals surface area contributed by atoms with Gasteiger partial charge in [0.1, 0.15) is 48.2 Å². The molecule has 2 aliphatic heterocycles. The van der Waals surface area contributed by atoms with Gasteiger partial charge in [-0.15, -0.1) is 0 Å². The smallest absolute Gasteiger partial charge is 0.270 e. The van der Waals surface area contributed by atoms with Gasteiger partial charge >= 0.3 is 0 Å². The Hall–Kier alpha value is -6.98. The van der Waals surface area contributed by atoms with Gasteiger partial charge in [0, 0.05) is 87.3 Å². The van der Waals surface area contributed by atoms with E-state index in [1.807, 2.05) is 0 Å². The van der Waals surface area contributed by atoms with Gasteiger partial charge in [-0.05, 0) is 114 Å². The average molecular weight is 1130 g/mol. The monoisotopic (exact) mass is 1130 g/mol. The molecular weight excluding hydrogens is 1050 g/mol. The van der Waals surface area contributed by atoms with Crippen molar-refractivity contribution in [3.8, 4) is 0 Å². The highest BCUT2D eigenvalue weighted by molar-refractivity contribution is 6.01. The maximum absolute atomic E-state index is 14.5. The highest BCUT2D eigenvalue weighted by Crippen LogP contribution is 2.31. The summed E-state index contributed by atoms with van der Waals surface area (Å²) >= 11 is 0.